The summed E-state index contributed by atoms with van der Waals surface area (Å²) in [4.78, 5) is 10.4. The Morgan fingerprint density at radius 3 is 2.90 bits per heavy atom. The minimum Gasteiger partial charge on any atom is -0.377 e. The summed E-state index contributed by atoms with van der Waals surface area (Å²) in [6.07, 6.45) is 1.51. The molecule has 1 aliphatic heterocycles. The lowest BCUT2D eigenvalue weighted by Crippen LogP contribution is -2.23. The number of nitrogens with two attached hydrogens (primary N) is 1. The molecule has 0 saturated carbocycles. The van der Waals surface area contributed by atoms with E-state index in [1.165, 1.54) is 0 Å². The molecule has 1 fully saturated rings. The highest BCUT2D eigenvalue weighted by atomic mass is 16.5. The van der Waals surface area contributed by atoms with Crippen LogP contribution in [0.4, 0.5) is 0 Å². The number of hydrogen-bond donors (Lipinski definition) is 1. The van der Waals surface area contributed by atoms with Gasteiger partial charge < -0.3 is 10.5 Å². The van der Waals surface area contributed by atoms with Gasteiger partial charge in [0.25, 0.3) is 0 Å². The third-order valence-electron chi connectivity index (χ3n) is 1.94. The monoisotopic (exact) mass is 143 g/mol. The van der Waals surface area contributed by atoms with Crippen molar-refractivity contribution < 1.29 is 9.53 Å². The third-order valence-corrected chi connectivity index (χ3v) is 1.94. The van der Waals surface area contributed by atoms with Crippen molar-refractivity contribution in [3.05, 3.63) is 0 Å². The molecular formula is C7H13NO2. The van der Waals surface area contributed by atoms with Crippen molar-refractivity contribution in [1.82, 2.24) is 0 Å². The minimum absolute atomic E-state index is 0.0810. The SMILES string of the molecule is C[C@@H]1CCO[C@H]1CC(N)=O. The first-order chi connectivity index (χ1) is 4.70. The Kier molecular flexibility index (Phi) is 2.27. The van der Waals surface area contributed by atoms with E-state index in [0.717, 1.165) is 13.0 Å². The summed E-state index contributed by atoms with van der Waals surface area (Å²) in [6.45, 7) is 2.86. The maximum atomic E-state index is 10.4. The Labute approximate surface area is 60.5 Å². The topological polar surface area (TPSA) is 52.3 Å². The lowest BCUT2D eigenvalue weighted by molar-refractivity contribution is -0.120. The predicted octanol–water partition coefficient (Wildman–Crippen LogP) is 0.287. The van der Waals surface area contributed by atoms with Crippen LogP contribution in [0, 0.1) is 5.92 Å². The van der Waals surface area contributed by atoms with E-state index in [1.807, 2.05) is 0 Å². The van der Waals surface area contributed by atoms with Gasteiger partial charge in [0.2, 0.25) is 5.91 Å². The first-order valence-electron chi connectivity index (χ1n) is 3.60. The molecule has 0 aromatic carbocycles. The van der Waals surface area contributed by atoms with Crippen LogP contribution in [0.5, 0.6) is 0 Å². The van der Waals surface area contributed by atoms with Crippen molar-refractivity contribution in [3.63, 3.8) is 0 Å². The van der Waals surface area contributed by atoms with Crippen LogP contribution in [0.25, 0.3) is 0 Å². The molecule has 58 valence electrons. The van der Waals surface area contributed by atoms with Crippen LogP contribution in [0.15, 0.2) is 0 Å². The van der Waals surface area contributed by atoms with Crippen molar-refractivity contribution in [3.8, 4) is 0 Å². The molecule has 0 aliphatic carbocycles. The molecule has 1 heterocycles. The predicted molar refractivity (Wildman–Crippen MR) is 37.3 cm³/mol. The number of hydrogen-bond acceptors (Lipinski definition) is 2. The number of carbonyl (C=O) groups excluding carboxylic acids is 1. The highest BCUT2D eigenvalue weighted by molar-refractivity contribution is 5.74. The Balaban J connectivity index is 2.33. The first kappa shape index (κ1) is 7.54. The van der Waals surface area contributed by atoms with Gasteiger partial charge in [-0.3, -0.25) is 4.79 Å². The Morgan fingerprint density at radius 2 is 2.50 bits per heavy atom. The highest BCUT2D eigenvalue weighted by Gasteiger charge is 2.25. The zero-order chi connectivity index (χ0) is 7.56. The summed E-state index contributed by atoms with van der Waals surface area (Å²) in [5.41, 5.74) is 5.02. The molecule has 0 aromatic rings. The second kappa shape index (κ2) is 3.01. The van der Waals surface area contributed by atoms with Gasteiger partial charge in [0.05, 0.1) is 12.5 Å². The van der Waals surface area contributed by atoms with Gasteiger partial charge in [0, 0.05) is 6.61 Å². The zero-order valence-corrected chi connectivity index (χ0v) is 6.17. The molecule has 1 saturated heterocycles. The van der Waals surface area contributed by atoms with Gasteiger partial charge in [-0.25, -0.2) is 0 Å². The van der Waals surface area contributed by atoms with Crippen LogP contribution < -0.4 is 5.73 Å². The molecule has 3 nitrogen and oxygen atoms in total. The van der Waals surface area contributed by atoms with E-state index < -0.39 is 0 Å². The smallest absolute Gasteiger partial charge is 0.220 e. The van der Waals surface area contributed by atoms with Crippen molar-refractivity contribution in [2.75, 3.05) is 6.61 Å². The second-order valence-electron chi connectivity index (χ2n) is 2.85. The lowest BCUT2D eigenvalue weighted by Gasteiger charge is -2.10. The van der Waals surface area contributed by atoms with E-state index in [2.05, 4.69) is 6.92 Å². The van der Waals surface area contributed by atoms with E-state index in [-0.39, 0.29) is 12.0 Å². The van der Waals surface area contributed by atoms with Crippen LogP contribution in [0.2, 0.25) is 0 Å². The fraction of sp³-hybridized carbons (Fsp3) is 0.857. The molecule has 2 N–H and O–H groups in total. The number of primary amides is 1. The normalized spacial score (nSPS) is 32.5. The molecule has 1 amide bonds. The van der Waals surface area contributed by atoms with Crippen LogP contribution >= 0.6 is 0 Å². The molecule has 3 heteroatoms. The van der Waals surface area contributed by atoms with Crippen LogP contribution in [-0.4, -0.2) is 18.6 Å². The fourth-order valence-electron chi connectivity index (χ4n) is 1.21. The largest absolute Gasteiger partial charge is 0.377 e. The quantitative estimate of drug-likeness (QED) is 0.604. The molecule has 1 aliphatic rings. The van der Waals surface area contributed by atoms with E-state index in [1.54, 1.807) is 0 Å². The van der Waals surface area contributed by atoms with E-state index in [0.29, 0.717) is 12.3 Å². The minimum atomic E-state index is -0.265. The summed E-state index contributed by atoms with van der Waals surface area (Å²) >= 11 is 0. The van der Waals surface area contributed by atoms with E-state index in [9.17, 15) is 4.79 Å². The van der Waals surface area contributed by atoms with Gasteiger partial charge in [-0.05, 0) is 12.3 Å². The molecule has 0 bridgehead atoms. The number of carbonyl (C=O) groups is 1. The third kappa shape index (κ3) is 1.70. The average Bonchev–Trinajstić information content (AvgIpc) is 2.15. The van der Waals surface area contributed by atoms with Gasteiger partial charge in [-0.2, -0.15) is 0 Å². The first-order valence-corrected chi connectivity index (χ1v) is 3.60. The molecule has 1 rings (SSSR count). The van der Waals surface area contributed by atoms with Gasteiger partial charge in [-0.15, -0.1) is 0 Å². The molecule has 0 unspecified atom stereocenters. The Hall–Kier alpha value is -0.570. The van der Waals surface area contributed by atoms with Crippen molar-refractivity contribution in [2.45, 2.75) is 25.9 Å². The molecule has 2 atom stereocenters. The Morgan fingerprint density at radius 1 is 1.80 bits per heavy atom. The molecule has 0 radical (unpaired) electrons. The number of amides is 1. The number of rotatable bonds is 2. The van der Waals surface area contributed by atoms with Crippen molar-refractivity contribution in [1.29, 1.82) is 0 Å². The van der Waals surface area contributed by atoms with Gasteiger partial charge in [0.15, 0.2) is 0 Å². The van der Waals surface area contributed by atoms with Gasteiger partial charge in [-0.1, -0.05) is 6.92 Å². The maximum Gasteiger partial charge on any atom is 0.220 e. The molecular weight excluding hydrogens is 130 g/mol. The highest BCUT2D eigenvalue weighted by Crippen LogP contribution is 2.21. The summed E-state index contributed by atoms with van der Waals surface area (Å²) in [6, 6.07) is 0. The Bertz CT molecular complexity index is 136. The van der Waals surface area contributed by atoms with Gasteiger partial charge in [0.1, 0.15) is 0 Å². The van der Waals surface area contributed by atoms with Crippen LogP contribution in [0.3, 0.4) is 0 Å². The standard InChI is InChI=1S/C7H13NO2/c1-5-2-3-10-6(5)4-7(8)9/h5-6H,2-4H2,1H3,(H2,8,9)/t5-,6+/m1/s1. The van der Waals surface area contributed by atoms with Crippen LogP contribution in [0.1, 0.15) is 19.8 Å². The van der Waals surface area contributed by atoms with Crippen molar-refractivity contribution >= 4 is 5.91 Å². The summed E-state index contributed by atoms with van der Waals surface area (Å²) < 4.78 is 5.28. The van der Waals surface area contributed by atoms with E-state index >= 15 is 0 Å². The summed E-state index contributed by atoms with van der Waals surface area (Å²) in [5.74, 6) is 0.228. The number of ether oxygens (including phenoxy) is 1. The molecule has 0 aromatic heterocycles. The average molecular weight is 143 g/mol. The van der Waals surface area contributed by atoms with Gasteiger partial charge >= 0.3 is 0 Å². The zero-order valence-electron chi connectivity index (χ0n) is 6.17. The maximum absolute atomic E-state index is 10.4. The van der Waals surface area contributed by atoms with Crippen LogP contribution in [-0.2, 0) is 9.53 Å². The summed E-state index contributed by atoms with van der Waals surface area (Å²) in [7, 11) is 0. The summed E-state index contributed by atoms with van der Waals surface area (Å²) in [5, 5.41) is 0. The molecule has 10 heavy (non-hydrogen) atoms. The lowest BCUT2D eigenvalue weighted by atomic mass is 10.0. The second-order valence-corrected chi connectivity index (χ2v) is 2.85. The molecule has 0 spiro atoms. The van der Waals surface area contributed by atoms with Crippen molar-refractivity contribution in [2.24, 2.45) is 11.7 Å². The fourth-order valence-corrected chi connectivity index (χ4v) is 1.21. The van der Waals surface area contributed by atoms with E-state index in [4.69, 9.17) is 10.5 Å².